The Hall–Kier alpha value is -3.09. The molecule has 0 atom stereocenters. The van der Waals surface area contributed by atoms with E-state index in [2.05, 4.69) is 22.2 Å². The molecular formula is C20H23N5O2. The molecule has 2 N–H and O–H groups in total. The highest BCUT2D eigenvalue weighted by molar-refractivity contribution is 5.76. The lowest BCUT2D eigenvalue weighted by Crippen LogP contribution is -2.38. The molecule has 27 heavy (non-hydrogen) atoms. The Morgan fingerprint density at radius 3 is 2.81 bits per heavy atom. The van der Waals surface area contributed by atoms with Crippen LogP contribution >= 0.6 is 0 Å². The minimum Gasteiger partial charge on any atom is -0.445 e. The molecule has 140 valence electrons. The Morgan fingerprint density at radius 1 is 1.26 bits per heavy atom. The number of hydrogen-bond acceptors (Lipinski definition) is 5. The van der Waals surface area contributed by atoms with Gasteiger partial charge in [-0.1, -0.05) is 30.3 Å². The maximum absolute atomic E-state index is 12.6. The van der Waals surface area contributed by atoms with Crippen molar-refractivity contribution in [2.24, 2.45) is 0 Å². The van der Waals surface area contributed by atoms with Gasteiger partial charge in [0.15, 0.2) is 5.89 Å². The summed E-state index contributed by atoms with van der Waals surface area (Å²) < 4.78 is 7.45. The van der Waals surface area contributed by atoms with Gasteiger partial charge in [0.2, 0.25) is 5.91 Å². The highest BCUT2D eigenvalue weighted by Gasteiger charge is 2.26. The van der Waals surface area contributed by atoms with Gasteiger partial charge in [0.05, 0.1) is 12.2 Å². The molecule has 4 rings (SSSR count). The molecule has 3 aromatic rings. The van der Waals surface area contributed by atoms with Crippen molar-refractivity contribution in [3.05, 3.63) is 65.0 Å². The maximum atomic E-state index is 12.6. The van der Waals surface area contributed by atoms with Crippen LogP contribution in [0.15, 0.2) is 40.8 Å². The first kappa shape index (κ1) is 17.3. The smallest absolute Gasteiger partial charge is 0.244 e. The molecule has 1 aliphatic rings. The average molecular weight is 365 g/mol. The number of aryl methyl sites for hydroxylation is 3. The lowest BCUT2D eigenvalue weighted by Gasteiger charge is -2.25. The fourth-order valence-corrected chi connectivity index (χ4v) is 3.39. The third kappa shape index (κ3) is 3.86. The van der Waals surface area contributed by atoms with Crippen LogP contribution < -0.4 is 5.73 Å². The number of hydrogen-bond donors (Lipinski definition) is 1. The molecule has 1 aliphatic heterocycles. The number of fused-ring (bicyclic) bond motifs is 1. The number of rotatable bonds is 5. The zero-order valence-corrected chi connectivity index (χ0v) is 15.4. The zero-order valence-electron chi connectivity index (χ0n) is 15.4. The lowest BCUT2D eigenvalue weighted by molar-refractivity contribution is -0.133. The van der Waals surface area contributed by atoms with Crippen LogP contribution in [-0.2, 0) is 37.1 Å². The van der Waals surface area contributed by atoms with Gasteiger partial charge < -0.3 is 15.1 Å². The zero-order chi connectivity index (χ0) is 18.8. The number of carbonyl (C=O) groups is 1. The van der Waals surface area contributed by atoms with Crippen molar-refractivity contribution in [2.45, 2.75) is 39.3 Å². The van der Waals surface area contributed by atoms with E-state index in [0.717, 1.165) is 35.9 Å². The first-order valence-corrected chi connectivity index (χ1v) is 9.17. The van der Waals surface area contributed by atoms with Crippen molar-refractivity contribution in [3.63, 3.8) is 0 Å². The van der Waals surface area contributed by atoms with Gasteiger partial charge in [-0.15, -0.1) is 0 Å². The average Bonchev–Trinajstić information content (AvgIpc) is 3.22. The Labute approximate surface area is 157 Å². The summed E-state index contributed by atoms with van der Waals surface area (Å²) in [4.78, 5) is 19.0. The summed E-state index contributed by atoms with van der Waals surface area (Å²) in [6.07, 6.45) is 2.34. The van der Waals surface area contributed by atoms with Crippen molar-refractivity contribution in [2.75, 3.05) is 12.3 Å². The van der Waals surface area contributed by atoms with Crippen molar-refractivity contribution >= 4 is 11.7 Å². The second-order valence-electron chi connectivity index (χ2n) is 6.90. The standard InChI is InChI=1S/C20H23N5O2/c1-14-11-18(21)25(23-14)13-20(26)24-10-9-17-16(12-24)22-19(27-17)8-7-15-5-3-2-4-6-15/h2-6,11H,7-10,12-13,21H2,1H3. The molecular weight excluding hydrogens is 342 g/mol. The van der Waals surface area contributed by atoms with Crippen LogP contribution in [0.4, 0.5) is 5.82 Å². The summed E-state index contributed by atoms with van der Waals surface area (Å²) in [5.41, 5.74) is 8.81. The molecule has 1 aromatic carbocycles. The number of nitrogens with zero attached hydrogens (tertiary/aromatic N) is 4. The normalized spacial score (nSPS) is 13.6. The maximum Gasteiger partial charge on any atom is 0.244 e. The number of oxazole rings is 1. The molecule has 0 fully saturated rings. The molecule has 0 aliphatic carbocycles. The molecule has 7 nitrogen and oxygen atoms in total. The summed E-state index contributed by atoms with van der Waals surface area (Å²) >= 11 is 0. The van der Waals surface area contributed by atoms with E-state index in [0.29, 0.717) is 25.3 Å². The van der Waals surface area contributed by atoms with Gasteiger partial charge in [0.1, 0.15) is 23.8 Å². The predicted octanol–water partition coefficient (Wildman–Crippen LogP) is 2.13. The Kier molecular flexibility index (Phi) is 4.66. The number of amides is 1. The monoisotopic (exact) mass is 365 g/mol. The van der Waals surface area contributed by atoms with E-state index in [1.807, 2.05) is 25.1 Å². The summed E-state index contributed by atoms with van der Waals surface area (Å²) in [5.74, 6) is 2.13. The SMILES string of the molecule is Cc1cc(N)n(CC(=O)N2CCc3oc(CCc4ccccc4)nc3C2)n1. The van der Waals surface area contributed by atoms with Gasteiger partial charge in [-0.3, -0.25) is 4.79 Å². The van der Waals surface area contributed by atoms with Crippen LogP contribution in [0.1, 0.15) is 28.6 Å². The highest BCUT2D eigenvalue weighted by atomic mass is 16.4. The summed E-state index contributed by atoms with van der Waals surface area (Å²) in [6, 6.07) is 12.0. The Bertz CT molecular complexity index is 945. The van der Waals surface area contributed by atoms with Gasteiger partial charge >= 0.3 is 0 Å². The van der Waals surface area contributed by atoms with Gasteiger partial charge in [0, 0.05) is 25.5 Å². The minimum atomic E-state index is -0.00992. The van der Waals surface area contributed by atoms with Crippen LogP contribution in [0.2, 0.25) is 0 Å². The molecule has 0 saturated heterocycles. The van der Waals surface area contributed by atoms with E-state index in [9.17, 15) is 4.79 Å². The van der Waals surface area contributed by atoms with Crippen LogP contribution in [0.3, 0.4) is 0 Å². The van der Waals surface area contributed by atoms with Crippen LogP contribution in [0, 0.1) is 6.92 Å². The lowest BCUT2D eigenvalue weighted by atomic mass is 10.1. The van der Waals surface area contributed by atoms with E-state index in [-0.39, 0.29) is 12.5 Å². The molecule has 3 heterocycles. The van der Waals surface area contributed by atoms with Gasteiger partial charge in [-0.05, 0) is 18.9 Å². The number of carbonyl (C=O) groups excluding carboxylic acids is 1. The summed E-state index contributed by atoms with van der Waals surface area (Å²) in [5, 5.41) is 4.26. The number of benzene rings is 1. The third-order valence-electron chi connectivity index (χ3n) is 4.81. The molecule has 0 bridgehead atoms. The van der Waals surface area contributed by atoms with Crippen LogP contribution in [0.25, 0.3) is 0 Å². The Balaban J connectivity index is 1.38. The van der Waals surface area contributed by atoms with E-state index in [1.54, 1.807) is 15.6 Å². The number of anilines is 1. The number of nitrogens with two attached hydrogens (primary N) is 1. The fourth-order valence-electron chi connectivity index (χ4n) is 3.39. The largest absolute Gasteiger partial charge is 0.445 e. The van der Waals surface area contributed by atoms with E-state index < -0.39 is 0 Å². The van der Waals surface area contributed by atoms with Gasteiger partial charge in [-0.25, -0.2) is 9.67 Å². The van der Waals surface area contributed by atoms with Gasteiger partial charge in [0.25, 0.3) is 0 Å². The highest BCUT2D eigenvalue weighted by Crippen LogP contribution is 2.21. The van der Waals surface area contributed by atoms with E-state index in [4.69, 9.17) is 10.2 Å². The third-order valence-corrected chi connectivity index (χ3v) is 4.81. The second-order valence-corrected chi connectivity index (χ2v) is 6.90. The molecule has 0 unspecified atom stereocenters. The molecule has 0 radical (unpaired) electrons. The Morgan fingerprint density at radius 2 is 2.07 bits per heavy atom. The van der Waals surface area contributed by atoms with Crippen LogP contribution in [-0.4, -0.2) is 32.1 Å². The van der Waals surface area contributed by atoms with Crippen molar-refractivity contribution < 1.29 is 9.21 Å². The summed E-state index contributed by atoms with van der Waals surface area (Å²) in [6.45, 7) is 3.10. The molecule has 1 amide bonds. The summed E-state index contributed by atoms with van der Waals surface area (Å²) in [7, 11) is 0. The topological polar surface area (TPSA) is 90.2 Å². The quantitative estimate of drug-likeness (QED) is 0.748. The first-order valence-electron chi connectivity index (χ1n) is 9.17. The molecule has 0 spiro atoms. The number of nitrogen functional groups attached to an aromatic ring is 1. The first-order chi connectivity index (χ1) is 13.1. The number of aromatic nitrogens is 3. The fraction of sp³-hybridized carbons (Fsp3) is 0.350. The van der Waals surface area contributed by atoms with Crippen LogP contribution in [0.5, 0.6) is 0 Å². The van der Waals surface area contributed by atoms with Crippen molar-refractivity contribution in [1.82, 2.24) is 19.7 Å². The van der Waals surface area contributed by atoms with Crippen molar-refractivity contribution in [3.8, 4) is 0 Å². The predicted molar refractivity (Wildman–Crippen MR) is 101 cm³/mol. The van der Waals surface area contributed by atoms with Gasteiger partial charge in [-0.2, -0.15) is 5.10 Å². The van der Waals surface area contributed by atoms with Crippen molar-refractivity contribution in [1.29, 1.82) is 0 Å². The molecule has 2 aromatic heterocycles. The van der Waals surface area contributed by atoms with E-state index in [1.165, 1.54) is 5.56 Å². The minimum absolute atomic E-state index is 0.00992. The van der Waals surface area contributed by atoms with E-state index >= 15 is 0 Å². The second kappa shape index (κ2) is 7.26. The molecule has 0 saturated carbocycles. The molecule has 7 heteroatoms.